The molecule has 2 aliphatic heterocycles. The van der Waals surface area contributed by atoms with Crippen LogP contribution in [0.2, 0.25) is 10.0 Å². The predicted molar refractivity (Wildman–Crippen MR) is 203 cm³/mol. The number of rotatable bonds is 10. The summed E-state index contributed by atoms with van der Waals surface area (Å²) < 4.78 is 0. The Labute approximate surface area is 309 Å². The first kappa shape index (κ1) is 35.5. The Morgan fingerprint density at radius 3 is 2.16 bits per heavy atom. The molecule has 9 nitrogen and oxygen atoms in total. The SMILES string of the molecule is C[C@@H]1CCCCN1Cc1cnc(C(=O)Nc2cccc(-c3cccc(NC(=O)c4cc5c(cn4)CN(C[C@@H](C)O)CC5)c3Cl)c2Cl)cc1C1CC1. The van der Waals surface area contributed by atoms with Crippen LogP contribution in [0, 0.1) is 0 Å². The van der Waals surface area contributed by atoms with Crippen molar-refractivity contribution in [1.82, 2.24) is 19.8 Å². The first-order valence-corrected chi connectivity index (χ1v) is 18.7. The number of piperidine rings is 1. The number of likely N-dealkylation sites (tertiary alicyclic amines) is 1. The van der Waals surface area contributed by atoms with Gasteiger partial charge in [0, 0.05) is 55.7 Å². The maximum Gasteiger partial charge on any atom is 0.274 e. The van der Waals surface area contributed by atoms with Gasteiger partial charge in [-0.1, -0.05) is 53.9 Å². The zero-order valence-electron chi connectivity index (χ0n) is 29.1. The van der Waals surface area contributed by atoms with Gasteiger partial charge in [-0.2, -0.15) is 0 Å². The Balaban J connectivity index is 1.06. The number of β-amino-alcohol motifs (C(OH)–C–C–N with tert-alkyl or cyclic N) is 1. The summed E-state index contributed by atoms with van der Waals surface area (Å²) in [5.74, 6) is -0.217. The molecule has 1 saturated carbocycles. The van der Waals surface area contributed by atoms with Gasteiger partial charge in [0.25, 0.3) is 11.8 Å². The molecule has 11 heteroatoms. The van der Waals surface area contributed by atoms with Crippen molar-refractivity contribution < 1.29 is 14.7 Å². The van der Waals surface area contributed by atoms with Crippen molar-refractivity contribution in [2.75, 3.05) is 30.3 Å². The molecule has 0 radical (unpaired) electrons. The number of hydrogen-bond acceptors (Lipinski definition) is 7. The monoisotopic (exact) mass is 726 g/mol. The van der Waals surface area contributed by atoms with E-state index in [0.717, 1.165) is 50.0 Å². The number of nitrogens with one attached hydrogen (secondary N) is 2. The molecule has 2 aromatic heterocycles. The summed E-state index contributed by atoms with van der Waals surface area (Å²) >= 11 is 13.8. The third kappa shape index (κ3) is 8.13. The van der Waals surface area contributed by atoms with Crippen molar-refractivity contribution in [2.45, 2.75) is 83.5 Å². The Morgan fingerprint density at radius 2 is 1.53 bits per heavy atom. The number of aromatic nitrogens is 2. The minimum absolute atomic E-state index is 0.300. The molecular formula is C40H44Cl2N6O3. The largest absolute Gasteiger partial charge is 0.392 e. The number of anilines is 2. The minimum atomic E-state index is -0.403. The second kappa shape index (κ2) is 15.4. The molecule has 2 fully saturated rings. The summed E-state index contributed by atoms with van der Waals surface area (Å²) in [6.45, 7) is 8.13. The molecule has 2 atom stereocenters. The van der Waals surface area contributed by atoms with E-state index in [4.69, 9.17) is 23.2 Å². The second-order valence-corrected chi connectivity index (χ2v) is 15.0. The molecule has 1 saturated heterocycles. The van der Waals surface area contributed by atoms with Crippen LogP contribution in [0.3, 0.4) is 0 Å². The van der Waals surface area contributed by atoms with E-state index in [1.165, 1.54) is 30.4 Å². The molecule has 3 N–H and O–H groups in total. The number of hydrogen-bond donors (Lipinski definition) is 3. The molecule has 1 aliphatic carbocycles. The highest BCUT2D eigenvalue weighted by Gasteiger charge is 2.29. The van der Waals surface area contributed by atoms with Crippen LogP contribution in [0.4, 0.5) is 11.4 Å². The van der Waals surface area contributed by atoms with E-state index >= 15 is 0 Å². The van der Waals surface area contributed by atoms with Crippen LogP contribution in [-0.4, -0.2) is 68.5 Å². The zero-order chi connectivity index (χ0) is 35.6. The summed E-state index contributed by atoms with van der Waals surface area (Å²) in [6, 6.07) is 15.1. The molecule has 4 heterocycles. The maximum atomic E-state index is 13.6. The van der Waals surface area contributed by atoms with Crippen molar-refractivity contribution in [3.8, 4) is 11.1 Å². The summed E-state index contributed by atoms with van der Waals surface area (Å²) in [5.41, 5.74) is 7.32. The second-order valence-electron chi connectivity index (χ2n) is 14.3. The average Bonchev–Trinajstić information content (AvgIpc) is 3.97. The maximum absolute atomic E-state index is 13.6. The number of aliphatic hydroxyl groups is 1. The van der Waals surface area contributed by atoms with Gasteiger partial charge in [-0.05, 0) is 105 Å². The van der Waals surface area contributed by atoms with Crippen molar-refractivity contribution in [3.05, 3.63) is 105 Å². The number of aliphatic hydroxyl groups excluding tert-OH is 1. The number of carbonyl (C=O) groups is 2. The van der Waals surface area contributed by atoms with Crippen LogP contribution < -0.4 is 10.6 Å². The predicted octanol–water partition coefficient (Wildman–Crippen LogP) is 7.95. The van der Waals surface area contributed by atoms with Crippen molar-refractivity contribution in [1.29, 1.82) is 0 Å². The Kier molecular flexibility index (Phi) is 10.7. The Morgan fingerprint density at radius 1 is 0.882 bits per heavy atom. The van der Waals surface area contributed by atoms with Gasteiger partial charge in [0.1, 0.15) is 11.4 Å². The zero-order valence-corrected chi connectivity index (χ0v) is 30.6. The lowest BCUT2D eigenvalue weighted by atomic mass is 9.99. The topological polar surface area (TPSA) is 111 Å². The van der Waals surface area contributed by atoms with Gasteiger partial charge in [0.05, 0.1) is 27.5 Å². The highest BCUT2D eigenvalue weighted by molar-refractivity contribution is 6.40. The van der Waals surface area contributed by atoms with Gasteiger partial charge in [0.15, 0.2) is 0 Å². The highest BCUT2D eigenvalue weighted by Crippen LogP contribution is 2.43. The minimum Gasteiger partial charge on any atom is -0.392 e. The lowest BCUT2D eigenvalue weighted by Gasteiger charge is -2.33. The normalized spacial score (nSPS) is 18.6. The fourth-order valence-electron chi connectivity index (χ4n) is 7.34. The molecule has 4 aromatic rings. The van der Waals surface area contributed by atoms with Gasteiger partial charge in [-0.3, -0.25) is 29.4 Å². The molecular weight excluding hydrogens is 683 g/mol. The van der Waals surface area contributed by atoms with Crippen LogP contribution >= 0.6 is 23.2 Å². The summed E-state index contributed by atoms with van der Waals surface area (Å²) in [7, 11) is 0. The number of pyridine rings is 2. The van der Waals surface area contributed by atoms with E-state index in [0.29, 0.717) is 69.0 Å². The van der Waals surface area contributed by atoms with Crippen LogP contribution in [0.15, 0.2) is 60.9 Å². The average molecular weight is 728 g/mol. The van der Waals surface area contributed by atoms with E-state index in [1.54, 1.807) is 31.3 Å². The fourth-order valence-corrected chi connectivity index (χ4v) is 7.89. The molecule has 0 unspecified atom stereocenters. The quantitative estimate of drug-likeness (QED) is 0.152. The molecule has 266 valence electrons. The number of fused-ring (bicyclic) bond motifs is 1. The first-order chi connectivity index (χ1) is 24.6. The fraction of sp³-hybridized carbons (Fsp3) is 0.400. The number of benzene rings is 2. The third-order valence-electron chi connectivity index (χ3n) is 10.3. The molecule has 7 rings (SSSR count). The Hall–Kier alpha value is -3.86. The van der Waals surface area contributed by atoms with E-state index < -0.39 is 6.10 Å². The van der Waals surface area contributed by atoms with Crippen LogP contribution in [-0.2, 0) is 19.5 Å². The van der Waals surface area contributed by atoms with Gasteiger partial charge in [0.2, 0.25) is 0 Å². The first-order valence-electron chi connectivity index (χ1n) is 18.0. The van der Waals surface area contributed by atoms with Crippen molar-refractivity contribution in [3.63, 3.8) is 0 Å². The lowest BCUT2D eigenvalue weighted by molar-refractivity contribution is 0.101. The van der Waals surface area contributed by atoms with Gasteiger partial charge >= 0.3 is 0 Å². The van der Waals surface area contributed by atoms with Crippen LogP contribution in [0.25, 0.3) is 11.1 Å². The molecule has 2 aromatic carbocycles. The Bertz CT molecular complexity index is 1950. The molecule has 0 bridgehead atoms. The van der Waals surface area contributed by atoms with Gasteiger partial charge < -0.3 is 15.7 Å². The molecule has 51 heavy (non-hydrogen) atoms. The molecule has 2 amide bonds. The number of nitrogens with zero attached hydrogens (tertiary/aromatic N) is 4. The third-order valence-corrected chi connectivity index (χ3v) is 11.1. The summed E-state index contributed by atoms with van der Waals surface area (Å²) in [4.78, 5) is 40.6. The number of halogens is 2. The summed E-state index contributed by atoms with van der Waals surface area (Å²) in [5, 5.41) is 16.3. The van der Waals surface area contributed by atoms with Gasteiger partial charge in [-0.15, -0.1) is 0 Å². The number of carbonyl (C=O) groups excluding carboxylic acids is 2. The van der Waals surface area contributed by atoms with Gasteiger partial charge in [-0.25, -0.2) is 0 Å². The van der Waals surface area contributed by atoms with Crippen LogP contribution in [0.1, 0.15) is 95.1 Å². The standard InChI is InChI=1S/C40H44Cl2N6O3/c1-24-7-3-4-15-48(24)23-29-20-44-36(18-32(29)26-12-13-26)40(51)46-34-11-6-9-31(38(34)42)30-8-5-10-33(37(30)41)45-39(50)35-17-27-14-16-47(21-25(2)49)22-28(27)19-43-35/h5-6,8-11,17-20,24-26,49H,3-4,7,12-16,21-23H2,1-2H3,(H,45,50)(H,46,51)/t24-,25-/m1/s1. The lowest BCUT2D eigenvalue weighted by Crippen LogP contribution is -2.37. The van der Waals surface area contributed by atoms with Crippen molar-refractivity contribution >= 4 is 46.4 Å². The number of amides is 2. The van der Waals surface area contributed by atoms with E-state index in [1.807, 2.05) is 36.5 Å². The molecule has 0 spiro atoms. The van der Waals surface area contributed by atoms with E-state index in [9.17, 15) is 14.7 Å². The summed E-state index contributed by atoms with van der Waals surface area (Å²) in [6.07, 6.45) is 9.98. The highest BCUT2D eigenvalue weighted by atomic mass is 35.5. The van der Waals surface area contributed by atoms with Crippen molar-refractivity contribution in [2.24, 2.45) is 0 Å². The molecule has 3 aliphatic rings. The van der Waals surface area contributed by atoms with E-state index in [-0.39, 0.29) is 11.8 Å². The van der Waals surface area contributed by atoms with E-state index in [2.05, 4.69) is 37.3 Å². The van der Waals surface area contributed by atoms with Crippen LogP contribution in [0.5, 0.6) is 0 Å². The smallest absolute Gasteiger partial charge is 0.274 e.